The van der Waals surface area contributed by atoms with E-state index in [4.69, 9.17) is 9.47 Å². The Labute approximate surface area is 188 Å². The number of ether oxygens (including phenoxy) is 2. The first kappa shape index (κ1) is 20.6. The van der Waals surface area contributed by atoms with Crippen molar-refractivity contribution in [3.8, 4) is 17.4 Å². The number of aromatic nitrogens is 1. The van der Waals surface area contributed by atoms with Crippen LogP contribution in [0, 0.1) is 5.92 Å². The number of rotatable bonds is 7. The molecule has 1 amide bonds. The molecule has 2 atom stereocenters. The second kappa shape index (κ2) is 9.43. The van der Waals surface area contributed by atoms with Crippen LogP contribution in [0.5, 0.6) is 17.4 Å². The Morgan fingerprint density at radius 3 is 2.44 bits per heavy atom. The first-order valence-electron chi connectivity index (χ1n) is 11.5. The Kier molecular flexibility index (Phi) is 6.06. The molecule has 5 rings (SSSR count). The Bertz CT molecular complexity index is 1030. The average Bonchev–Trinajstić information content (AvgIpc) is 3.60. The van der Waals surface area contributed by atoms with Crippen LogP contribution in [0.4, 0.5) is 0 Å². The molecule has 5 nitrogen and oxygen atoms in total. The fourth-order valence-electron chi connectivity index (χ4n) is 4.50. The zero-order valence-electron chi connectivity index (χ0n) is 18.0. The van der Waals surface area contributed by atoms with E-state index in [-0.39, 0.29) is 17.9 Å². The molecule has 0 aliphatic heterocycles. The van der Waals surface area contributed by atoms with Crippen LogP contribution in [0.1, 0.15) is 43.6 Å². The number of carbonyl (C=O) groups is 1. The summed E-state index contributed by atoms with van der Waals surface area (Å²) < 4.78 is 12.0. The van der Waals surface area contributed by atoms with Gasteiger partial charge in [0.2, 0.25) is 11.8 Å². The number of benzene rings is 2. The van der Waals surface area contributed by atoms with E-state index in [1.54, 1.807) is 6.20 Å². The molecule has 1 aromatic heterocycles. The molecule has 32 heavy (non-hydrogen) atoms. The number of hydrogen-bond donors (Lipinski definition) is 1. The van der Waals surface area contributed by atoms with Gasteiger partial charge in [-0.2, -0.15) is 0 Å². The fourth-order valence-corrected chi connectivity index (χ4v) is 4.50. The van der Waals surface area contributed by atoms with Crippen molar-refractivity contribution in [2.45, 2.75) is 50.2 Å². The molecule has 2 aliphatic rings. The van der Waals surface area contributed by atoms with Gasteiger partial charge in [0.15, 0.2) is 0 Å². The van der Waals surface area contributed by atoms with Crippen LogP contribution in [0.25, 0.3) is 0 Å². The van der Waals surface area contributed by atoms with Gasteiger partial charge < -0.3 is 14.8 Å². The van der Waals surface area contributed by atoms with E-state index in [9.17, 15) is 4.79 Å². The molecular weight excluding hydrogens is 400 g/mol. The lowest BCUT2D eigenvalue weighted by Crippen LogP contribution is -2.36. The van der Waals surface area contributed by atoms with Gasteiger partial charge in [0.25, 0.3) is 0 Å². The second-order valence-corrected chi connectivity index (χ2v) is 8.70. The number of carbonyl (C=O) groups excluding carboxylic acids is 1. The number of pyridine rings is 1. The topological polar surface area (TPSA) is 60.5 Å². The highest BCUT2D eigenvalue weighted by Crippen LogP contribution is 2.41. The van der Waals surface area contributed by atoms with Crippen LogP contribution in [0.3, 0.4) is 0 Å². The van der Waals surface area contributed by atoms with Crippen LogP contribution >= 0.6 is 0 Å². The van der Waals surface area contributed by atoms with Crippen molar-refractivity contribution in [2.75, 3.05) is 0 Å². The minimum Gasteiger partial charge on any atom is -0.490 e. The zero-order chi connectivity index (χ0) is 21.8. The molecule has 164 valence electrons. The quantitative estimate of drug-likeness (QED) is 0.541. The summed E-state index contributed by atoms with van der Waals surface area (Å²) in [5, 5.41) is 3.27. The number of amides is 1. The van der Waals surface area contributed by atoms with Gasteiger partial charge in [0.05, 0.1) is 6.10 Å². The number of nitrogens with zero attached hydrogens (tertiary/aromatic N) is 1. The Balaban J connectivity index is 1.08. The monoisotopic (exact) mass is 428 g/mol. The molecule has 0 bridgehead atoms. The summed E-state index contributed by atoms with van der Waals surface area (Å²) >= 11 is 0. The van der Waals surface area contributed by atoms with Crippen molar-refractivity contribution >= 4 is 5.91 Å². The highest BCUT2D eigenvalue weighted by atomic mass is 16.5. The lowest BCUT2D eigenvalue weighted by Gasteiger charge is -2.28. The van der Waals surface area contributed by atoms with E-state index in [0.29, 0.717) is 23.6 Å². The molecule has 0 radical (unpaired) electrons. The maximum absolute atomic E-state index is 12.7. The molecule has 1 heterocycles. The van der Waals surface area contributed by atoms with Crippen molar-refractivity contribution in [1.82, 2.24) is 10.3 Å². The van der Waals surface area contributed by atoms with Crippen molar-refractivity contribution in [2.24, 2.45) is 5.92 Å². The largest absolute Gasteiger partial charge is 0.490 e. The van der Waals surface area contributed by atoms with Gasteiger partial charge in [-0.05, 0) is 55.9 Å². The van der Waals surface area contributed by atoms with Gasteiger partial charge >= 0.3 is 0 Å². The first-order chi connectivity index (χ1) is 15.7. The smallest absolute Gasteiger partial charge is 0.223 e. The summed E-state index contributed by atoms with van der Waals surface area (Å²) in [6, 6.07) is 24.0. The molecule has 1 N–H and O–H groups in total. The van der Waals surface area contributed by atoms with Crippen LogP contribution in [-0.2, 0) is 4.79 Å². The fraction of sp³-hybridized carbons (Fsp3) is 0.333. The van der Waals surface area contributed by atoms with Crippen molar-refractivity contribution < 1.29 is 14.3 Å². The molecule has 0 saturated heterocycles. The Hall–Kier alpha value is -3.34. The van der Waals surface area contributed by atoms with Crippen LogP contribution in [0.15, 0.2) is 79.0 Å². The molecule has 3 aromatic rings. The second-order valence-electron chi connectivity index (χ2n) is 8.70. The lowest BCUT2D eigenvalue weighted by atomic mass is 9.86. The Morgan fingerprint density at radius 2 is 1.66 bits per heavy atom. The van der Waals surface area contributed by atoms with Gasteiger partial charge in [-0.1, -0.05) is 42.5 Å². The summed E-state index contributed by atoms with van der Waals surface area (Å²) in [7, 11) is 0. The van der Waals surface area contributed by atoms with Gasteiger partial charge in [-0.3, -0.25) is 4.79 Å². The summed E-state index contributed by atoms with van der Waals surface area (Å²) in [6.45, 7) is 0. The van der Waals surface area contributed by atoms with E-state index in [1.807, 2.05) is 48.5 Å². The van der Waals surface area contributed by atoms with Crippen molar-refractivity contribution in [3.63, 3.8) is 0 Å². The predicted octanol–water partition coefficient (Wildman–Crippen LogP) is 5.48. The van der Waals surface area contributed by atoms with Crippen LogP contribution in [-0.4, -0.2) is 23.0 Å². The molecule has 5 heteroatoms. The van der Waals surface area contributed by atoms with Crippen molar-refractivity contribution in [3.05, 3.63) is 84.6 Å². The molecule has 2 unspecified atom stereocenters. The van der Waals surface area contributed by atoms with Gasteiger partial charge in [0, 0.05) is 36.2 Å². The normalized spacial score (nSPS) is 24.4. The third kappa shape index (κ3) is 5.10. The molecule has 2 aliphatic carbocycles. The van der Waals surface area contributed by atoms with Gasteiger partial charge in [-0.25, -0.2) is 4.98 Å². The van der Waals surface area contributed by atoms with Crippen LogP contribution < -0.4 is 14.8 Å². The predicted molar refractivity (Wildman–Crippen MR) is 123 cm³/mol. The summed E-state index contributed by atoms with van der Waals surface area (Å²) in [5.74, 6) is 2.81. The molecular formula is C27H28N2O3. The van der Waals surface area contributed by atoms with E-state index < -0.39 is 0 Å². The molecule has 2 fully saturated rings. The maximum Gasteiger partial charge on any atom is 0.223 e. The molecule has 2 saturated carbocycles. The minimum atomic E-state index is 0.0886. The summed E-state index contributed by atoms with van der Waals surface area (Å²) in [4.78, 5) is 16.9. The third-order valence-electron chi connectivity index (χ3n) is 6.36. The highest BCUT2D eigenvalue weighted by Gasteiger charge is 2.40. The average molecular weight is 429 g/mol. The molecule has 0 spiro atoms. The standard InChI is InChI=1S/C27H28N2O3/c30-27(29-25-18-24(25)19-7-2-1-3-8-19)20-12-14-21(15-13-20)31-22-9-6-10-23(17-22)32-26-11-4-5-16-28-26/h1-11,16-17,20-21,24-25H,12-15,18H2,(H,29,30). The van der Waals surface area contributed by atoms with Gasteiger partial charge in [0.1, 0.15) is 11.5 Å². The van der Waals surface area contributed by atoms with Crippen LogP contribution in [0.2, 0.25) is 0 Å². The SMILES string of the molecule is O=C(NC1CC1c1ccccc1)C1CCC(Oc2cccc(Oc3ccccn3)c2)CC1. The maximum atomic E-state index is 12.7. The molecule has 2 aromatic carbocycles. The van der Waals surface area contributed by atoms with Crippen molar-refractivity contribution in [1.29, 1.82) is 0 Å². The van der Waals surface area contributed by atoms with E-state index >= 15 is 0 Å². The number of nitrogens with one attached hydrogen (secondary N) is 1. The number of hydrogen-bond acceptors (Lipinski definition) is 4. The van der Waals surface area contributed by atoms with E-state index in [0.717, 1.165) is 37.9 Å². The first-order valence-corrected chi connectivity index (χ1v) is 11.5. The zero-order valence-corrected chi connectivity index (χ0v) is 18.0. The van der Waals surface area contributed by atoms with E-state index in [1.165, 1.54) is 5.56 Å². The summed E-state index contributed by atoms with van der Waals surface area (Å²) in [5.41, 5.74) is 1.32. The van der Waals surface area contributed by atoms with Gasteiger partial charge in [-0.15, -0.1) is 0 Å². The third-order valence-corrected chi connectivity index (χ3v) is 6.36. The Morgan fingerprint density at radius 1 is 0.875 bits per heavy atom. The highest BCUT2D eigenvalue weighted by molar-refractivity contribution is 5.79. The minimum absolute atomic E-state index is 0.0886. The lowest BCUT2D eigenvalue weighted by molar-refractivity contribution is -0.126. The summed E-state index contributed by atoms with van der Waals surface area (Å²) in [6.07, 6.45) is 6.38. The van der Waals surface area contributed by atoms with E-state index in [2.05, 4.69) is 34.6 Å².